The highest BCUT2D eigenvalue weighted by Gasteiger charge is 2.09. The molecule has 0 radical (unpaired) electrons. The van der Waals surface area contributed by atoms with Gasteiger partial charge in [-0.25, -0.2) is 0 Å². The van der Waals surface area contributed by atoms with Crippen LogP contribution in [0.25, 0.3) is 0 Å². The maximum absolute atomic E-state index is 8.73. The van der Waals surface area contributed by atoms with Gasteiger partial charge in [0.25, 0.3) is 11.9 Å². The SMILES string of the molecule is OC(O)=CC(O)OC(O)C=C(O)O. The van der Waals surface area contributed by atoms with Crippen LogP contribution >= 0.6 is 0 Å². The van der Waals surface area contributed by atoms with E-state index in [1.54, 1.807) is 0 Å². The van der Waals surface area contributed by atoms with Crippen LogP contribution in [0.3, 0.4) is 0 Å². The highest BCUT2D eigenvalue weighted by atomic mass is 16.7. The molecule has 0 aliphatic heterocycles. The van der Waals surface area contributed by atoms with E-state index in [2.05, 4.69) is 4.74 Å². The molecule has 0 aliphatic carbocycles. The summed E-state index contributed by atoms with van der Waals surface area (Å²) in [7, 11) is 0. The van der Waals surface area contributed by atoms with Crippen LogP contribution in [0.15, 0.2) is 24.0 Å². The van der Waals surface area contributed by atoms with Crippen molar-refractivity contribution < 1.29 is 35.4 Å². The van der Waals surface area contributed by atoms with Crippen LogP contribution < -0.4 is 0 Å². The van der Waals surface area contributed by atoms with Gasteiger partial charge in [-0.2, -0.15) is 0 Å². The summed E-state index contributed by atoms with van der Waals surface area (Å²) in [5.74, 6) is -2.37. The molecule has 0 saturated carbocycles. The summed E-state index contributed by atoms with van der Waals surface area (Å²) in [4.78, 5) is 0. The fourth-order valence-electron chi connectivity index (χ4n) is 0.476. The first kappa shape index (κ1) is 11.6. The molecule has 0 aromatic heterocycles. The van der Waals surface area contributed by atoms with E-state index in [9.17, 15) is 0 Å². The molecule has 0 spiro atoms. The fourth-order valence-corrected chi connectivity index (χ4v) is 0.476. The summed E-state index contributed by atoms with van der Waals surface area (Å²) < 4.78 is 4.19. The first-order valence-electron chi connectivity index (χ1n) is 3.13. The van der Waals surface area contributed by atoms with Crippen LogP contribution in [0.4, 0.5) is 0 Å². The molecule has 0 aromatic rings. The highest BCUT2D eigenvalue weighted by molar-refractivity contribution is 4.86. The Morgan fingerprint density at radius 1 is 0.846 bits per heavy atom. The van der Waals surface area contributed by atoms with Gasteiger partial charge in [0.2, 0.25) is 0 Å². The van der Waals surface area contributed by atoms with Gasteiger partial charge in [0.15, 0.2) is 12.6 Å². The molecule has 0 rings (SSSR count). The van der Waals surface area contributed by atoms with Gasteiger partial charge in [0.1, 0.15) is 0 Å². The van der Waals surface area contributed by atoms with Gasteiger partial charge in [0, 0.05) is 0 Å². The van der Waals surface area contributed by atoms with E-state index in [1.165, 1.54) is 0 Å². The summed E-state index contributed by atoms with van der Waals surface area (Å²) in [6.45, 7) is 0. The molecule has 0 heterocycles. The van der Waals surface area contributed by atoms with Crippen molar-refractivity contribution in [2.45, 2.75) is 12.6 Å². The zero-order valence-corrected chi connectivity index (χ0v) is 6.40. The molecule has 0 fully saturated rings. The normalized spacial score (nSPS) is 14.3. The first-order valence-corrected chi connectivity index (χ1v) is 3.13. The molecule has 2 atom stereocenters. The van der Waals surface area contributed by atoms with Crippen LogP contribution in [0.1, 0.15) is 0 Å². The number of rotatable bonds is 4. The summed E-state index contributed by atoms with van der Waals surface area (Å²) in [6.07, 6.45) is -2.58. The topological polar surface area (TPSA) is 131 Å². The smallest absolute Gasteiger partial charge is 0.275 e. The lowest BCUT2D eigenvalue weighted by Gasteiger charge is -2.10. The van der Waals surface area contributed by atoms with E-state index in [0.29, 0.717) is 12.2 Å². The van der Waals surface area contributed by atoms with Crippen molar-refractivity contribution in [3.8, 4) is 0 Å². The van der Waals surface area contributed by atoms with E-state index < -0.39 is 24.5 Å². The Morgan fingerprint density at radius 3 is 1.38 bits per heavy atom. The summed E-state index contributed by atoms with van der Waals surface area (Å²) in [5.41, 5.74) is 0. The monoisotopic (exact) mass is 194 g/mol. The third-order valence-electron chi connectivity index (χ3n) is 0.862. The second-order valence-corrected chi connectivity index (χ2v) is 1.97. The second kappa shape index (κ2) is 5.25. The standard InChI is InChI=1S/C6H10O7/c7-3(8)1-5(11)13-6(12)2-4(9)10/h1-2,5-12H. The van der Waals surface area contributed by atoms with Gasteiger partial charge in [-0.1, -0.05) is 0 Å². The van der Waals surface area contributed by atoms with Crippen molar-refractivity contribution in [3.05, 3.63) is 24.0 Å². The van der Waals surface area contributed by atoms with Crippen molar-refractivity contribution in [1.29, 1.82) is 0 Å². The largest absolute Gasteiger partial charge is 0.481 e. The van der Waals surface area contributed by atoms with Crippen LogP contribution in [-0.2, 0) is 4.74 Å². The molecule has 7 heteroatoms. The van der Waals surface area contributed by atoms with Crippen molar-refractivity contribution >= 4 is 0 Å². The Hall–Kier alpha value is -1.44. The maximum Gasteiger partial charge on any atom is 0.275 e. The molecule has 76 valence electrons. The summed E-state index contributed by atoms with van der Waals surface area (Å²) in [6, 6.07) is 0. The molecule has 6 N–H and O–H groups in total. The van der Waals surface area contributed by atoms with Crippen molar-refractivity contribution in [1.82, 2.24) is 0 Å². The van der Waals surface area contributed by atoms with Gasteiger partial charge in [0.05, 0.1) is 12.2 Å². The van der Waals surface area contributed by atoms with Gasteiger partial charge in [-0.05, 0) is 0 Å². The predicted molar refractivity (Wildman–Crippen MR) is 39.8 cm³/mol. The van der Waals surface area contributed by atoms with E-state index in [4.69, 9.17) is 30.6 Å². The maximum atomic E-state index is 8.73. The Balaban J connectivity index is 3.99. The lowest BCUT2D eigenvalue weighted by molar-refractivity contribution is -0.167. The molecule has 0 aromatic carbocycles. The molecule has 2 unspecified atom stereocenters. The number of hydrogen-bond acceptors (Lipinski definition) is 7. The van der Waals surface area contributed by atoms with E-state index in [0.717, 1.165) is 0 Å². The Morgan fingerprint density at radius 2 is 1.15 bits per heavy atom. The average Bonchev–Trinajstić information content (AvgIpc) is 1.80. The molecule has 0 saturated heterocycles. The van der Waals surface area contributed by atoms with Gasteiger partial charge < -0.3 is 35.4 Å². The van der Waals surface area contributed by atoms with Crippen molar-refractivity contribution in [2.75, 3.05) is 0 Å². The van der Waals surface area contributed by atoms with Crippen LogP contribution in [0.2, 0.25) is 0 Å². The van der Waals surface area contributed by atoms with Crippen LogP contribution in [-0.4, -0.2) is 43.2 Å². The predicted octanol–water partition coefficient (Wildman–Crippen LogP) is -0.445. The molecule has 0 amide bonds. The Labute approximate surface area is 73.1 Å². The minimum Gasteiger partial charge on any atom is -0.481 e. The Bertz CT molecular complexity index is 179. The number of ether oxygens (including phenoxy) is 1. The van der Waals surface area contributed by atoms with Gasteiger partial charge >= 0.3 is 0 Å². The van der Waals surface area contributed by atoms with Crippen LogP contribution in [0.5, 0.6) is 0 Å². The molecule has 0 bridgehead atoms. The van der Waals surface area contributed by atoms with E-state index in [1.807, 2.05) is 0 Å². The molecular weight excluding hydrogens is 184 g/mol. The van der Waals surface area contributed by atoms with Gasteiger partial charge in [-0.15, -0.1) is 0 Å². The van der Waals surface area contributed by atoms with E-state index in [-0.39, 0.29) is 0 Å². The zero-order chi connectivity index (χ0) is 10.4. The quantitative estimate of drug-likeness (QED) is 0.264. The fraction of sp³-hybridized carbons (Fsp3) is 0.333. The average molecular weight is 194 g/mol. The number of aliphatic hydroxyl groups excluding tert-OH is 4. The third-order valence-corrected chi connectivity index (χ3v) is 0.862. The van der Waals surface area contributed by atoms with Crippen molar-refractivity contribution in [2.24, 2.45) is 0 Å². The van der Waals surface area contributed by atoms with Crippen molar-refractivity contribution in [3.63, 3.8) is 0 Å². The molecule has 0 aliphatic rings. The summed E-state index contributed by atoms with van der Waals surface area (Å²) >= 11 is 0. The number of aliphatic hydroxyl groups is 6. The molecular formula is C6H10O7. The molecule has 13 heavy (non-hydrogen) atoms. The van der Waals surface area contributed by atoms with Gasteiger partial charge in [-0.3, -0.25) is 0 Å². The van der Waals surface area contributed by atoms with E-state index >= 15 is 0 Å². The lowest BCUT2D eigenvalue weighted by Crippen LogP contribution is -2.19. The summed E-state index contributed by atoms with van der Waals surface area (Å²) in [5, 5.41) is 50.3. The highest BCUT2D eigenvalue weighted by Crippen LogP contribution is 1.99. The second-order valence-electron chi connectivity index (χ2n) is 1.97. The Kier molecular flexibility index (Phi) is 4.67. The van der Waals surface area contributed by atoms with Crippen LogP contribution in [0, 0.1) is 0 Å². The number of hydrogen-bond donors (Lipinski definition) is 6. The lowest BCUT2D eigenvalue weighted by atomic mass is 10.5. The zero-order valence-electron chi connectivity index (χ0n) is 6.40. The first-order chi connectivity index (χ1) is 5.91. The molecule has 7 nitrogen and oxygen atoms in total. The minimum absolute atomic E-state index is 0.478. The third kappa shape index (κ3) is 6.94. The minimum atomic E-state index is -1.77.